The van der Waals surface area contributed by atoms with E-state index in [1.54, 1.807) is 0 Å². The number of fused-ring (bicyclic) bond motifs is 1. The van der Waals surface area contributed by atoms with E-state index < -0.39 is 0 Å². The highest BCUT2D eigenvalue weighted by atomic mass is 14.8. The summed E-state index contributed by atoms with van der Waals surface area (Å²) in [5.74, 6) is 0.466. The molecule has 0 saturated heterocycles. The van der Waals surface area contributed by atoms with Crippen molar-refractivity contribution in [2.45, 2.75) is 19.8 Å². The minimum atomic E-state index is 0.466. The first-order valence-electron chi connectivity index (χ1n) is 6.95. The van der Waals surface area contributed by atoms with Crippen LogP contribution in [0, 0.1) is 0 Å². The number of benzene rings is 1. The average Bonchev–Trinajstić information content (AvgIpc) is 2.91. The second-order valence-corrected chi connectivity index (χ2v) is 5.28. The Balaban J connectivity index is 2.33. The van der Waals surface area contributed by atoms with Crippen molar-refractivity contribution in [2.75, 3.05) is 12.4 Å². The highest BCUT2D eigenvalue weighted by Crippen LogP contribution is 2.36. The molecule has 0 bridgehead atoms. The van der Waals surface area contributed by atoms with Crippen LogP contribution in [-0.4, -0.2) is 17.0 Å². The van der Waals surface area contributed by atoms with Crippen LogP contribution in [0.2, 0.25) is 0 Å². The first kappa shape index (κ1) is 12.7. The van der Waals surface area contributed by atoms with E-state index in [0.717, 1.165) is 11.3 Å². The monoisotopic (exact) mass is 265 g/mol. The van der Waals surface area contributed by atoms with Crippen molar-refractivity contribution in [2.24, 2.45) is 0 Å². The van der Waals surface area contributed by atoms with Gasteiger partial charge in [-0.3, -0.25) is 0 Å². The third-order valence-electron chi connectivity index (χ3n) is 3.71. The molecule has 0 atom stereocenters. The van der Waals surface area contributed by atoms with Gasteiger partial charge in [-0.15, -0.1) is 0 Å². The molecular formula is C17H19N3. The summed E-state index contributed by atoms with van der Waals surface area (Å²) in [5.41, 5.74) is 5.84. The van der Waals surface area contributed by atoms with Crippen LogP contribution in [0.15, 0.2) is 42.7 Å². The largest absolute Gasteiger partial charge is 0.388 e. The van der Waals surface area contributed by atoms with E-state index in [-0.39, 0.29) is 0 Å². The Morgan fingerprint density at radius 3 is 2.65 bits per heavy atom. The number of aromatic amines is 1. The van der Waals surface area contributed by atoms with E-state index in [0.29, 0.717) is 5.92 Å². The summed E-state index contributed by atoms with van der Waals surface area (Å²) in [6.07, 6.45) is 3.94. The van der Waals surface area contributed by atoms with Crippen LogP contribution < -0.4 is 5.32 Å². The van der Waals surface area contributed by atoms with Crippen LogP contribution in [0.4, 0.5) is 5.69 Å². The summed E-state index contributed by atoms with van der Waals surface area (Å²) in [4.78, 5) is 7.74. The molecule has 0 saturated carbocycles. The quantitative estimate of drug-likeness (QED) is 0.737. The predicted molar refractivity (Wildman–Crippen MR) is 85.2 cm³/mol. The first-order chi connectivity index (χ1) is 9.72. The molecule has 1 aromatic carbocycles. The molecule has 0 amide bonds. The van der Waals surface area contributed by atoms with E-state index in [4.69, 9.17) is 0 Å². The van der Waals surface area contributed by atoms with Crippen molar-refractivity contribution < 1.29 is 0 Å². The topological polar surface area (TPSA) is 40.7 Å². The molecule has 2 aromatic heterocycles. The van der Waals surface area contributed by atoms with E-state index >= 15 is 0 Å². The van der Waals surface area contributed by atoms with Gasteiger partial charge in [0.25, 0.3) is 0 Å². The molecule has 0 aliphatic carbocycles. The number of nitrogens with one attached hydrogen (secondary N) is 2. The van der Waals surface area contributed by atoms with Gasteiger partial charge in [-0.2, -0.15) is 0 Å². The van der Waals surface area contributed by atoms with Gasteiger partial charge >= 0.3 is 0 Å². The van der Waals surface area contributed by atoms with Gasteiger partial charge in [0.15, 0.2) is 0 Å². The summed E-state index contributed by atoms with van der Waals surface area (Å²) in [7, 11) is 1.96. The Labute approximate surface area is 119 Å². The number of H-pyrrole nitrogens is 1. The Kier molecular flexibility index (Phi) is 3.18. The number of hydrogen-bond acceptors (Lipinski definition) is 2. The maximum absolute atomic E-state index is 4.45. The lowest BCUT2D eigenvalue weighted by molar-refractivity contribution is 0.876. The number of nitrogens with zero attached hydrogens (tertiary/aromatic N) is 1. The number of anilines is 1. The highest BCUT2D eigenvalue weighted by Gasteiger charge is 2.14. The molecule has 0 fully saturated rings. The van der Waals surface area contributed by atoms with Crippen molar-refractivity contribution in [1.82, 2.24) is 9.97 Å². The van der Waals surface area contributed by atoms with Gasteiger partial charge in [-0.25, -0.2) is 4.98 Å². The fourth-order valence-electron chi connectivity index (χ4n) is 2.70. The van der Waals surface area contributed by atoms with Gasteiger partial charge in [0, 0.05) is 36.1 Å². The van der Waals surface area contributed by atoms with Crippen molar-refractivity contribution in [3.63, 3.8) is 0 Å². The summed E-state index contributed by atoms with van der Waals surface area (Å²) >= 11 is 0. The van der Waals surface area contributed by atoms with E-state index in [2.05, 4.69) is 59.6 Å². The molecule has 0 aliphatic rings. The van der Waals surface area contributed by atoms with Gasteiger partial charge in [0.2, 0.25) is 0 Å². The molecule has 3 rings (SSSR count). The molecule has 3 nitrogen and oxygen atoms in total. The van der Waals surface area contributed by atoms with E-state index in [1.807, 2.05) is 19.3 Å². The second-order valence-electron chi connectivity index (χ2n) is 5.28. The third-order valence-corrected chi connectivity index (χ3v) is 3.71. The number of hydrogen-bond donors (Lipinski definition) is 2. The SMILES string of the molecule is CNc1ccccc1-c1ccnc2[nH]cc(C(C)C)c12. The number of pyridine rings is 1. The summed E-state index contributed by atoms with van der Waals surface area (Å²) in [6.45, 7) is 4.42. The number of rotatable bonds is 3. The van der Waals surface area contributed by atoms with Crippen molar-refractivity contribution in [3.05, 3.63) is 48.3 Å². The lowest BCUT2D eigenvalue weighted by atomic mass is 9.95. The van der Waals surface area contributed by atoms with Crippen LogP contribution in [0.25, 0.3) is 22.2 Å². The lowest BCUT2D eigenvalue weighted by Gasteiger charge is -2.12. The molecule has 3 heteroatoms. The van der Waals surface area contributed by atoms with Gasteiger partial charge in [0.1, 0.15) is 5.65 Å². The van der Waals surface area contributed by atoms with Crippen LogP contribution in [-0.2, 0) is 0 Å². The Morgan fingerprint density at radius 1 is 1.10 bits per heavy atom. The molecule has 0 spiro atoms. The van der Waals surface area contributed by atoms with Crippen LogP contribution in [0.3, 0.4) is 0 Å². The van der Waals surface area contributed by atoms with Gasteiger partial charge in [-0.1, -0.05) is 32.0 Å². The Hall–Kier alpha value is -2.29. The normalized spacial score (nSPS) is 11.2. The molecule has 2 heterocycles. The molecule has 0 unspecified atom stereocenters. The minimum Gasteiger partial charge on any atom is -0.388 e. The van der Waals surface area contributed by atoms with Gasteiger partial charge in [-0.05, 0) is 29.2 Å². The highest BCUT2D eigenvalue weighted by molar-refractivity contribution is 5.98. The number of para-hydroxylation sites is 1. The maximum atomic E-state index is 4.45. The maximum Gasteiger partial charge on any atom is 0.138 e. The zero-order valence-electron chi connectivity index (χ0n) is 12.1. The van der Waals surface area contributed by atoms with Crippen molar-refractivity contribution in [1.29, 1.82) is 0 Å². The number of aromatic nitrogens is 2. The van der Waals surface area contributed by atoms with E-state index in [9.17, 15) is 0 Å². The van der Waals surface area contributed by atoms with Crippen molar-refractivity contribution >= 4 is 16.7 Å². The summed E-state index contributed by atoms with van der Waals surface area (Å²) in [5, 5.41) is 4.50. The summed E-state index contributed by atoms with van der Waals surface area (Å²) < 4.78 is 0. The Bertz CT molecular complexity index is 741. The molecule has 0 aliphatic heterocycles. The second kappa shape index (κ2) is 5.00. The predicted octanol–water partition coefficient (Wildman–Crippen LogP) is 4.40. The fourth-order valence-corrected chi connectivity index (χ4v) is 2.70. The molecule has 20 heavy (non-hydrogen) atoms. The molecular weight excluding hydrogens is 246 g/mol. The molecule has 0 radical (unpaired) electrons. The first-order valence-corrected chi connectivity index (χ1v) is 6.95. The van der Waals surface area contributed by atoms with Crippen molar-refractivity contribution in [3.8, 4) is 11.1 Å². The summed E-state index contributed by atoms with van der Waals surface area (Å²) in [6, 6.07) is 10.5. The standard InChI is InChI=1S/C17H19N3/c1-11(2)14-10-20-17-16(14)13(8-9-19-17)12-6-4-5-7-15(12)18-3/h4-11,18H,1-3H3,(H,19,20). The average molecular weight is 265 g/mol. The third kappa shape index (κ3) is 1.95. The van der Waals surface area contributed by atoms with E-state index in [1.165, 1.54) is 22.1 Å². The Morgan fingerprint density at radius 2 is 1.90 bits per heavy atom. The lowest BCUT2D eigenvalue weighted by Crippen LogP contribution is -1.93. The van der Waals surface area contributed by atoms with Crippen LogP contribution >= 0.6 is 0 Å². The molecule has 102 valence electrons. The van der Waals surface area contributed by atoms with Crippen LogP contribution in [0.1, 0.15) is 25.3 Å². The fraction of sp³-hybridized carbons (Fsp3) is 0.235. The molecule has 3 aromatic rings. The molecule has 2 N–H and O–H groups in total. The minimum absolute atomic E-state index is 0.466. The zero-order chi connectivity index (χ0) is 14.1. The van der Waals surface area contributed by atoms with Gasteiger partial charge < -0.3 is 10.3 Å². The smallest absolute Gasteiger partial charge is 0.138 e. The van der Waals surface area contributed by atoms with Crippen LogP contribution in [0.5, 0.6) is 0 Å². The zero-order valence-corrected chi connectivity index (χ0v) is 12.1. The van der Waals surface area contributed by atoms with Gasteiger partial charge in [0.05, 0.1) is 0 Å².